The maximum absolute atomic E-state index is 9.09. The maximum atomic E-state index is 9.09. The molecule has 2 aromatic carbocycles. The van der Waals surface area contributed by atoms with Gasteiger partial charge in [0.2, 0.25) is 0 Å². The summed E-state index contributed by atoms with van der Waals surface area (Å²) < 4.78 is 5.22. The monoisotopic (exact) mass is 228 g/mol. The maximum Gasteiger partial charge on any atom is 0.119 e. The minimum atomic E-state index is 0.0826. The van der Waals surface area contributed by atoms with Gasteiger partial charge in [-0.3, -0.25) is 0 Å². The van der Waals surface area contributed by atoms with Crippen molar-refractivity contribution in [1.82, 2.24) is 0 Å². The van der Waals surface area contributed by atoms with Gasteiger partial charge in [-0.2, -0.15) is 0 Å². The van der Waals surface area contributed by atoms with Crippen molar-refractivity contribution >= 4 is 0 Å². The van der Waals surface area contributed by atoms with Gasteiger partial charge in [0.25, 0.3) is 0 Å². The second-order valence-corrected chi connectivity index (χ2v) is 4.04. The van der Waals surface area contributed by atoms with Crippen LogP contribution in [0.1, 0.15) is 11.1 Å². The lowest BCUT2D eigenvalue weighted by atomic mass is 9.98. The SMILES string of the molecule is COc1cccc(-c2ccc(CO)cc2C)c1. The van der Waals surface area contributed by atoms with Crippen molar-refractivity contribution in [3.05, 3.63) is 53.6 Å². The standard InChI is InChI=1S/C15H16O2/c1-11-8-12(10-16)6-7-15(11)13-4-3-5-14(9-13)17-2/h3-9,16H,10H2,1-2H3. The van der Waals surface area contributed by atoms with Crippen molar-refractivity contribution in [2.24, 2.45) is 0 Å². The fourth-order valence-corrected chi connectivity index (χ4v) is 1.94. The molecule has 2 rings (SSSR count). The topological polar surface area (TPSA) is 29.5 Å². The van der Waals surface area contributed by atoms with Crippen LogP contribution in [0.3, 0.4) is 0 Å². The van der Waals surface area contributed by atoms with Crippen LogP contribution in [-0.4, -0.2) is 12.2 Å². The summed E-state index contributed by atoms with van der Waals surface area (Å²) in [4.78, 5) is 0. The lowest BCUT2D eigenvalue weighted by molar-refractivity contribution is 0.282. The van der Waals surface area contributed by atoms with Gasteiger partial charge in [-0.1, -0.05) is 30.3 Å². The van der Waals surface area contributed by atoms with Crippen molar-refractivity contribution in [1.29, 1.82) is 0 Å². The molecule has 0 bridgehead atoms. The van der Waals surface area contributed by atoms with Crippen molar-refractivity contribution in [3.63, 3.8) is 0 Å². The molecule has 1 N–H and O–H groups in total. The lowest BCUT2D eigenvalue weighted by Crippen LogP contribution is -1.89. The smallest absolute Gasteiger partial charge is 0.119 e. The Morgan fingerprint density at radius 1 is 1.12 bits per heavy atom. The van der Waals surface area contributed by atoms with Crippen LogP contribution in [0.15, 0.2) is 42.5 Å². The summed E-state index contributed by atoms with van der Waals surface area (Å²) in [5, 5.41) is 9.09. The first-order chi connectivity index (χ1) is 8.24. The van der Waals surface area contributed by atoms with Gasteiger partial charge in [0, 0.05) is 0 Å². The van der Waals surface area contributed by atoms with Crippen LogP contribution in [0.4, 0.5) is 0 Å². The Kier molecular flexibility index (Phi) is 3.45. The summed E-state index contributed by atoms with van der Waals surface area (Å²) in [6, 6.07) is 14.0. The van der Waals surface area contributed by atoms with Crippen molar-refractivity contribution in [2.45, 2.75) is 13.5 Å². The Morgan fingerprint density at radius 2 is 1.94 bits per heavy atom. The third-order valence-corrected chi connectivity index (χ3v) is 2.85. The molecule has 88 valence electrons. The number of methoxy groups -OCH3 is 1. The van der Waals surface area contributed by atoms with Gasteiger partial charge in [0.15, 0.2) is 0 Å². The molecule has 0 aliphatic carbocycles. The molecule has 2 nitrogen and oxygen atoms in total. The quantitative estimate of drug-likeness (QED) is 0.874. The molecule has 0 aliphatic heterocycles. The molecule has 0 spiro atoms. The number of ether oxygens (including phenoxy) is 1. The van der Waals surface area contributed by atoms with E-state index in [2.05, 4.69) is 6.07 Å². The summed E-state index contributed by atoms with van der Waals surface area (Å²) in [5.41, 5.74) is 4.39. The highest BCUT2D eigenvalue weighted by Crippen LogP contribution is 2.27. The van der Waals surface area contributed by atoms with Crippen LogP contribution in [0.5, 0.6) is 5.75 Å². The average Bonchev–Trinajstić information content (AvgIpc) is 2.38. The number of hydrogen-bond acceptors (Lipinski definition) is 2. The van der Waals surface area contributed by atoms with Gasteiger partial charge < -0.3 is 9.84 Å². The van der Waals surface area contributed by atoms with Crippen LogP contribution in [0.2, 0.25) is 0 Å². The van der Waals surface area contributed by atoms with Gasteiger partial charge in [-0.15, -0.1) is 0 Å². The van der Waals surface area contributed by atoms with E-state index in [0.717, 1.165) is 22.4 Å². The second-order valence-electron chi connectivity index (χ2n) is 4.04. The first-order valence-corrected chi connectivity index (χ1v) is 5.59. The fourth-order valence-electron chi connectivity index (χ4n) is 1.94. The molecular weight excluding hydrogens is 212 g/mol. The molecule has 0 saturated heterocycles. The van der Waals surface area contributed by atoms with E-state index in [1.54, 1.807) is 7.11 Å². The van der Waals surface area contributed by atoms with Crippen molar-refractivity contribution in [2.75, 3.05) is 7.11 Å². The molecule has 0 aromatic heterocycles. The second kappa shape index (κ2) is 5.02. The normalized spacial score (nSPS) is 10.3. The molecule has 0 radical (unpaired) electrons. The molecule has 2 aromatic rings. The zero-order valence-electron chi connectivity index (χ0n) is 10.1. The Hall–Kier alpha value is -1.80. The number of aryl methyl sites for hydroxylation is 1. The van der Waals surface area contributed by atoms with Gasteiger partial charge in [-0.25, -0.2) is 0 Å². The molecule has 0 amide bonds. The summed E-state index contributed by atoms with van der Waals surface area (Å²) >= 11 is 0. The molecule has 0 aliphatic rings. The van der Waals surface area contributed by atoms with Crippen LogP contribution >= 0.6 is 0 Å². The highest BCUT2D eigenvalue weighted by Gasteiger charge is 2.03. The molecule has 17 heavy (non-hydrogen) atoms. The summed E-state index contributed by atoms with van der Waals surface area (Å²) in [6.07, 6.45) is 0. The third-order valence-electron chi connectivity index (χ3n) is 2.85. The minimum Gasteiger partial charge on any atom is -0.497 e. The molecule has 0 heterocycles. The van der Waals surface area contributed by atoms with Crippen LogP contribution in [-0.2, 0) is 6.61 Å². The number of aliphatic hydroxyl groups is 1. The summed E-state index contributed by atoms with van der Waals surface area (Å²) in [7, 11) is 1.67. The van der Waals surface area contributed by atoms with E-state index >= 15 is 0 Å². The van der Waals surface area contributed by atoms with E-state index < -0.39 is 0 Å². The van der Waals surface area contributed by atoms with E-state index in [-0.39, 0.29) is 6.61 Å². The van der Waals surface area contributed by atoms with Gasteiger partial charge in [0.1, 0.15) is 5.75 Å². The molecule has 0 fully saturated rings. The largest absolute Gasteiger partial charge is 0.497 e. The number of rotatable bonds is 3. The Bertz CT molecular complexity index is 518. The first kappa shape index (κ1) is 11.7. The van der Waals surface area contributed by atoms with E-state index in [9.17, 15) is 0 Å². The Labute approximate surface area is 101 Å². The fraction of sp³-hybridized carbons (Fsp3) is 0.200. The summed E-state index contributed by atoms with van der Waals surface area (Å²) in [5.74, 6) is 0.855. The Balaban J connectivity index is 2.45. The lowest BCUT2D eigenvalue weighted by Gasteiger charge is -2.09. The molecule has 0 unspecified atom stereocenters. The van der Waals surface area contributed by atoms with Crippen molar-refractivity contribution in [3.8, 4) is 16.9 Å². The van der Waals surface area contributed by atoms with Crippen molar-refractivity contribution < 1.29 is 9.84 Å². The van der Waals surface area contributed by atoms with E-state index in [4.69, 9.17) is 9.84 Å². The first-order valence-electron chi connectivity index (χ1n) is 5.59. The molecule has 2 heteroatoms. The Morgan fingerprint density at radius 3 is 2.59 bits per heavy atom. The van der Waals surface area contributed by atoms with Crippen LogP contribution in [0, 0.1) is 6.92 Å². The summed E-state index contributed by atoms with van der Waals surface area (Å²) in [6.45, 7) is 2.13. The van der Waals surface area contributed by atoms with Gasteiger partial charge in [0.05, 0.1) is 13.7 Å². The van der Waals surface area contributed by atoms with Crippen LogP contribution < -0.4 is 4.74 Å². The number of aliphatic hydroxyl groups excluding tert-OH is 1. The predicted octanol–water partition coefficient (Wildman–Crippen LogP) is 3.16. The van der Waals surface area contributed by atoms with Gasteiger partial charge >= 0.3 is 0 Å². The number of hydrogen-bond donors (Lipinski definition) is 1. The minimum absolute atomic E-state index is 0.0826. The highest BCUT2D eigenvalue weighted by atomic mass is 16.5. The van der Waals surface area contributed by atoms with E-state index in [0.29, 0.717) is 0 Å². The third kappa shape index (κ3) is 2.48. The van der Waals surface area contributed by atoms with Crippen LogP contribution in [0.25, 0.3) is 11.1 Å². The number of benzene rings is 2. The average molecular weight is 228 g/mol. The van der Waals surface area contributed by atoms with Gasteiger partial charge in [-0.05, 0) is 41.3 Å². The molecule has 0 saturated carbocycles. The molecular formula is C15H16O2. The van der Waals surface area contributed by atoms with E-state index in [1.807, 2.05) is 43.3 Å². The van der Waals surface area contributed by atoms with E-state index in [1.165, 1.54) is 5.56 Å². The zero-order valence-corrected chi connectivity index (χ0v) is 10.1. The molecule has 0 atom stereocenters. The zero-order chi connectivity index (χ0) is 12.3. The highest BCUT2D eigenvalue weighted by molar-refractivity contribution is 5.68. The predicted molar refractivity (Wildman–Crippen MR) is 69.1 cm³/mol.